The van der Waals surface area contributed by atoms with Crippen LogP contribution in [0.4, 0.5) is 13.2 Å². The molecule has 0 atom stereocenters. The monoisotopic (exact) mass is 293 g/mol. The lowest BCUT2D eigenvalue weighted by Crippen LogP contribution is -2.26. The van der Waals surface area contributed by atoms with Crippen LogP contribution in [0.3, 0.4) is 0 Å². The molecule has 0 unspecified atom stereocenters. The van der Waals surface area contributed by atoms with Gasteiger partial charge in [0, 0.05) is 18.2 Å². The Morgan fingerprint density at radius 1 is 1.00 bits per heavy atom. The van der Waals surface area contributed by atoms with Crippen LogP contribution in [-0.2, 0) is 6.42 Å². The van der Waals surface area contributed by atoms with E-state index in [4.69, 9.17) is 0 Å². The van der Waals surface area contributed by atoms with Crippen molar-refractivity contribution < 1.29 is 18.0 Å². The summed E-state index contributed by atoms with van der Waals surface area (Å²) in [5, 5.41) is 2.64. The highest BCUT2D eigenvalue weighted by Crippen LogP contribution is 2.11. The molecule has 0 spiro atoms. The molecule has 0 aliphatic heterocycles. The molecule has 0 bridgehead atoms. The summed E-state index contributed by atoms with van der Waals surface area (Å²) in [5.74, 6) is -2.04. The predicted molar refractivity (Wildman–Crippen MR) is 73.5 cm³/mol. The number of hydrogen-bond donors (Lipinski definition) is 1. The van der Waals surface area contributed by atoms with E-state index >= 15 is 0 Å². The van der Waals surface area contributed by atoms with E-state index in [0.29, 0.717) is 23.1 Å². The van der Waals surface area contributed by atoms with Gasteiger partial charge in [0.2, 0.25) is 0 Å². The van der Waals surface area contributed by atoms with Crippen LogP contribution in [0.5, 0.6) is 0 Å². The van der Waals surface area contributed by atoms with E-state index in [1.54, 1.807) is 6.92 Å². The van der Waals surface area contributed by atoms with Gasteiger partial charge < -0.3 is 5.32 Å². The van der Waals surface area contributed by atoms with Crippen LogP contribution in [0.15, 0.2) is 36.4 Å². The van der Waals surface area contributed by atoms with Crippen LogP contribution in [0.1, 0.15) is 21.5 Å². The summed E-state index contributed by atoms with van der Waals surface area (Å²) in [7, 11) is 0. The Hall–Kier alpha value is -2.30. The molecule has 21 heavy (non-hydrogen) atoms. The van der Waals surface area contributed by atoms with Gasteiger partial charge in [-0.3, -0.25) is 4.79 Å². The predicted octanol–water partition coefficient (Wildman–Crippen LogP) is 3.38. The zero-order valence-corrected chi connectivity index (χ0v) is 11.4. The number of carbonyl (C=O) groups is 1. The van der Waals surface area contributed by atoms with Crippen molar-refractivity contribution in [1.29, 1.82) is 0 Å². The van der Waals surface area contributed by atoms with Gasteiger partial charge in [-0.05, 0) is 54.8 Å². The third kappa shape index (κ3) is 4.08. The molecule has 2 nitrogen and oxygen atoms in total. The topological polar surface area (TPSA) is 29.1 Å². The van der Waals surface area contributed by atoms with Crippen LogP contribution < -0.4 is 5.32 Å². The maximum absolute atomic E-state index is 13.0. The van der Waals surface area contributed by atoms with Crippen LogP contribution in [0.25, 0.3) is 0 Å². The molecular weight excluding hydrogens is 279 g/mol. The second-order valence-corrected chi connectivity index (χ2v) is 4.74. The number of nitrogens with one attached hydrogen (secondary N) is 1. The first-order valence-corrected chi connectivity index (χ1v) is 6.45. The number of rotatable bonds is 4. The first-order valence-electron chi connectivity index (χ1n) is 6.45. The molecule has 0 aliphatic rings. The second kappa shape index (κ2) is 6.43. The minimum atomic E-state index is -0.647. The third-order valence-electron chi connectivity index (χ3n) is 3.05. The van der Waals surface area contributed by atoms with Crippen molar-refractivity contribution in [3.05, 3.63) is 70.5 Å². The lowest BCUT2D eigenvalue weighted by molar-refractivity contribution is 0.0953. The van der Waals surface area contributed by atoms with Gasteiger partial charge >= 0.3 is 0 Å². The summed E-state index contributed by atoms with van der Waals surface area (Å²) in [6, 6.07) is 7.13. The van der Waals surface area contributed by atoms with Crippen molar-refractivity contribution in [1.82, 2.24) is 5.32 Å². The van der Waals surface area contributed by atoms with Crippen molar-refractivity contribution in [3.8, 4) is 0 Å². The highest BCUT2D eigenvalue weighted by Gasteiger charge is 2.09. The van der Waals surface area contributed by atoms with E-state index in [-0.39, 0.29) is 12.5 Å². The molecule has 0 fully saturated rings. The van der Waals surface area contributed by atoms with Crippen LogP contribution in [0, 0.1) is 24.4 Å². The van der Waals surface area contributed by atoms with E-state index in [0.717, 1.165) is 6.07 Å². The second-order valence-electron chi connectivity index (χ2n) is 4.74. The highest BCUT2D eigenvalue weighted by molar-refractivity contribution is 5.95. The molecule has 0 heterocycles. The quantitative estimate of drug-likeness (QED) is 0.920. The largest absolute Gasteiger partial charge is 0.352 e. The highest BCUT2D eigenvalue weighted by atomic mass is 19.1. The number of amides is 1. The Balaban J connectivity index is 1.95. The molecule has 0 radical (unpaired) electrons. The van der Waals surface area contributed by atoms with E-state index in [2.05, 4.69) is 5.32 Å². The maximum Gasteiger partial charge on any atom is 0.251 e. The molecular formula is C16H14F3NO. The third-order valence-corrected chi connectivity index (χ3v) is 3.05. The standard InChI is InChI=1S/C16H14F3NO/c1-10-6-12(17)2-3-15(10)16(21)20-5-4-11-7-13(18)9-14(19)8-11/h2-3,6-9H,4-5H2,1H3,(H,20,21). The maximum atomic E-state index is 13.0. The summed E-state index contributed by atoms with van der Waals surface area (Å²) in [4.78, 5) is 11.9. The molecule has 2 rings (SSSR count). The summed E-state index contributed by atoms with van der Waals surface area (Å²) in [5.41, 5.74) is 1.37. The van der Waals surface area contributed by atoms with Gasteiger partial charge in [-0.15, -0.1) is 0 Å². The first-order chi connectivity index (χ1) is 9.95. The van der Waals surface area contributed by atoms with Gasteiger partial charge in [-0.2, -0.15) is 0 Å². The lowest BCUT2D eigenvalue weighted by atomic mass is 10.1. The van der Waals surface area contributed by atoms with E-state index in [1.807, 2.05) is 0 Å². The van der Waals surface area contributed by atoms with Crippen LogP contribution in [-0.4, -0.2) is 12.5 Å². The Kier molecular flexibility index (Phi) is 4.62. The molecule has 1 amide bonds. The normalized spacial score (nSPS) is 10.5. The fourth-order valence-corrected chi connectivity index (χ4v) is 2.05. The van der Waals surface area contributed by atoms with E-state index in [9.17, 15) is 18.0 Å². The Labute approximate surface area is 120 Å². The van der Waals surface area contributed by atoms with Gasteiger partial charge in [-0.1, -0.05) is 0 Å². The Morgan fingerprint density at radius 3 is 2.29 bits per heavy atom. The molecule has 2 aromatic carbocycles. The molecule has 1 N–H and O–H groups in total. The minimum Gasteiger partial charge on any atom is -0.352 e. The Morgan fingerprint density at radius 2 is 1.67 bits per heavy atom. The fraction of sp³-hybridized carbons (Fsp3) is 0.188. The van der Waals surface area contributed by atoms with Gasteiger partial charge in [0.25, 0.3) is 5.91 Å². The van der Waals surface area contributed by atoms with Gasteiger partial charge in [0.15, 0.2) is 0 Å². The first kappa shape index (κ1) is 15.1. The van der Waals surface area contributed by atoms with Crippen molar-refractivity contribution in [2.24, 2.45) is 0 Å². The molecule has 110 valence electrons. The van der Waals surface area contributed by atoms with E-state index in [1.165, 1.54) is 30.3 Å². The zero-order chi connectivity index (χ0) is 15.4. The number of halogens is 3. The molecule has 0 saturated heterocycles. The number of benzene rings is 2. The van der Waals surface area contributed by atoms with Gasteiger partial charge in [-0.25, -0.2) is 13.2 Å². The average molecular weight is 293 g/mol. The molecule has 0 aromatic heterocycles. The van der Waals surface area contributed by atoms with Crippen molar-refractivity contribution in [2.75, 3.05) is 6.54 Å². The summed E-state index contributed by atoms with van der Waals surface area (Å²) in [6.45, 7) is 1.87. The number of hydrogen-bond acceptors (Lipinski definition) is 1. The molecule has 5 heteroatoms. The fourth-order valence-electron chi connectivity index (χ4n) is 2.05. The summed E-state index contributed by atoms with van der Waals surface area (Å²) >= 11 is 0. The van der Waals surface area contributed by atoms with Crippen LogP contribution >= 0.6 is 0 Å². The van der Waals surface area contributed by atoms with Crippen LogP contribution in [0.2, 0.25) is 0 Å². The van der Waals surface area contributed by atoms with Gasteiger partial charge in [0.1, 0.15) is 17.5 Å². The Bertz CT molecular complexity index is 650. The number of aryl methyl sites for hydroxylation is 1. The molecule has 0 saturated carbocycles. The van der Waals surface area contributed by atoms with Gasteiger partial charge in [0.05, 0.1) is 0 Å². The zero-order valence-electron chi connectivity index (χ0n) is 11.4. The molecule has 0 aliphatic carbocycles. The van der Waals surface area contributed by atoms with E-state index < -0.39 is 17.5 Å². The van der Waals surface area contributed by atoms with Crippen molar-refractivity contribution >= 4 is 5.91 Å². The average Bonchev–Trinajstić information content (AvgIpc) is 2.37. The van der Waals surface area contributed by atoms with Crippen molar-refractivity contribution in [2.45, 2.75) is 13.3 Å². The summed E-state index contributed by atoms with van der Waals surface area (Å²) in [6.07, 6.45) is 0.306. The lowest BCUT2D eigenvalue weighted by Gasteiger charge is -2.08. The number of carbonyl (C=O) groups excluding carboxylic acids is 1. The molecule has 2 aromatic rings. The summed E-state index contributed by atoms with van der Waals surface area (Å²) < 4.78 is 39.0. The van der Waals surface area contributed by atoms with Crippen molar-refractivity contribution in [3.63, 3.8) is 0 Å². The smallest absolute Gasteiger partial charge is 0.251 e. The minimum absolute atomic E-state index is 0.235. The SMILES string of the molecule is Cc1cc(F)ccc1C(=O)NCCc1cc(F)cc(F)c1.